The molecule has 1 saturated carbocycles. The molecule has 0 saturated heterocycles. The molecule has 6 heteroatoms. The summed E-state index contributed by atoms with van der Waals surface area (Å²) in [4.78, 5) is 37.8. The second-order valence-corrected chi connectivity index (χ2v) is 8.02. The van der Waals surface area contributed by atoms with E-state index >= 15 is 0 Å². The summed E-state index contributed by atoms with van der Waals surface area (Å²) < 4.78 is 5.18. The third kappa shape index (κ3) is 3.96. The predicted molar refractivity (Wildman–Crippen MR) is 96.9 cm³/mol. The van der Waals surface area contributed by atoms with Crippen LogP contribution in [0.1, 0.15) is 79.2 Å². The van der Waals surface area contributed by atoms with Crippen LogP contribution in [0.5, 0.6) is 0 Å². The molecule has 1 aromatic rings. The number of hydrogen-bond donors (Lipinski definition) is 1. The first kappa shape index (κ1) is 18.6. The average Bonchev–Trinajstić information content (AvgIpc) is 2.83. The van der Waals surface area contributed by atoms with Crippen molar-refractivity contribution in [2.45, 2.75) is 71.1 Å². The largest absolute Gasteiger partial charge is 0.443 e. The monoisotopic (exact) mass is 358 g/mol. The minimum Gasteiger partial charge on any atom is -0.443 e. The molecule has 1 fully saturated rings. The second kappa shape index (κ2) is 7.19. The maximum absolute atomic E-state index is 12.6. The lowest BCUT2D eigenvalue weighted by Gasteiger charge is -2.23. The van der Waals surface area contributed by atoms with Crippen molar-refractivity contribution in [1.29, 1.82) is 0 Å². The number of hydrogen-bond acceptors (Lipinski definition) is 5. The summed E-state index contributed by atoms with van der Waals surface area (Å²) in [6.07, 6.45) is 5.22. The molecule has 1 aliphatic heterocycles. The van der Waals surface area contributed by atoms with Gasteiger partial charge in [-0.1, -0.05) is 25.3 Å². The Morgan fingerprint density at radius 1 is 1.12 bits per heavy atom. The highest BCUT2D eigenvalue weighted by molar-refractivity contribution is 6.28. The smallest absolute Gasteiger partial charge is 0.424 e. The summed E-state index contributed by atoms with van der Waals surface area (Å²) in [5.41, 5.74) is 0.675. The molecule has 1 aromatic carbocycles. The van der Waals surface area contributed by atoms with Crippen LogP contribution in [0.15, 0.2) is 18.2 Å². The van der Waals surface area contributed by atoms with Crippen molar-refractivity contribution in [3.63, 3.8) is 0 Å². The van der Waals surface area contributed by atoms with Crippen LogP contribution < -0.4 is 5.32 Å². The van der Waals surface area contributed by atoms with E-state index in [0.717, 1.165) is 5.56 Å². The van der Waals surface area contributed by atoms with E-state index in [4.69, 9.17) is 4.74 Å². The van der Waals surface area contributed by atoms with E-state index in [2.05, 4.69) is 5.32 Å². The van der Waals surface area contributed by atoms with Gasteiger partial charge in [-0.25, -0.2) is 4.79 Å². The normalized spacial score (nSPS) is 18.2. The number of nitrogens with one attached hydrogen (secondary N) is 1. The molecule has 0 atom stereocenters. The van der Waals surface area contributed by atoms with E-state index in [1.807, 2.05) is 6.07 Å². The number of amides is 3. The Kier molecular flexibility index (Phi) is 5.14. The van der Waals surface area contributed by atoms with Crippen LogP contribution in [0.25, 0.3) is 0 Å². The molecule has 2 aliphatic rings. The standard InChI is InChI=1S/C20H26N2O4/c1-20(2,3)26-19(25)22-17(23)15-10-9-13(11-16(15)18(22)24)12-21-14-7-5-4-6-8-14/h9-11,14,21H,4-8,12H2,1-3H3. The van der Waals surface area contributed by atoms with Crippen molar-refractivity contribution in [1.82, 2.24) is 10.2 Å². The molecule has 1 N–H and O–H groups in total. The highest BCUT2D eigenvalue weighted by Gasteiger charge is 2.42. The van der Waals surface area contributed by atoms with Crippen molar-refractivity contribution >= 4 is 17.9 Å². The number of carbonyl (C=O) groups excluding carboxylic acids is 3. The van der Waals surface area contributed by atoms with Gasteiger partial charge in [-0.05, 0) is 51.3 Å². The number of imide groups is 3. The van der Waals surface area contributed by atoms with Gasteiger partial charge in [0.1, 0.15) is 5.60 Å². The van der Waals surface area contributed by atoms with Gasteiger partial charge in [0.2, 0.25) is 0 Å². The van der Waals surface area contributed by atoms with Gasteiger partial charge in [0.25, 0.3) is 11.8 Å². The molecule has 0 bridgehead atoms. The fourth-order valence-corrected chi connectivity index (χ4v) is 3.44. The number of carbonyl (C=O) groups is 3. The van der Waals surface area contributed by atoms with Crippen LogP contribution in [-0.4, -0.2) is 34.5 Å². The van der Waals surface area contributed by atoms with Gasteiger partial charge in [-0.3, -0.25) is 9.59 Å². The number of nitrogens with zero attached hydrogens (tertiary/aromatic N) is 1. The molecule has 0 aromatic heterocycles. The molecule has 0 unspecified atom stereocenters. The lowest BCUT2D eigenvalue weighted by molar-refractivity contribution is 0.0255. The maximum atomic E-state index is 12.6. The van der Waals surface area contributed by atoms with Crippen molar-refractivity contribution in [3.8, 4) is 0 Å². The van der Waals surface area contributed by atoms with Crippen LogP contribution >= 0.6 is 0 Å². The molecule has 0 spiro atoms. The highest BCUT2D eigenvalue weighted by Crippen LogP contribution is 2.26. The molecule has 0 radical (unpaired) electrons. The van der Waals surface area contributed by atoms with Crippen molar-refractivity contribution in [2.24, 2.45) is 0 Å². The van der Waals surface area contributed by atoms with Crippen molar-refractivity contribution in [2.75, 3.05) is 0 Å². The zero-order valence-corrected chi connectivity index (χ0v) is 15.6. The molecule has 1 aliphatic carbocycles. The second-order valence-electron chi connectivity index (χ2n) is 8.02. The highest BCUT2D eigenvalue weighted by atomic mass is 16.6. The lowest BCUT2D eigenvalue weighted by Crippen LogP contribution is -2.40. The third-order valence-corrected chi connectivity index (χ3v) is 4.73. The van der Waals surface area contributed by atoms with E-state index in [1.165, 1.54) is 32.1 Å². The summed E-state index contributed by atoms with van der Waals surface area (Å²) in [5, 5.41) is 3.52. The Morgan fingerprint density at radius 2 is 1.77 bits per heavy atom. The van der Waals surface area contributed by atoms with Crippen LogP contribution in [0, 0.1) is 0 Å². The van der Waals surface area contributed by atoms with E-state index in [-0.39, 0.29) is 11.1 Å². The zero-order chi connectivity index (χ0) is 18.9. The van der Waals surface area contributed by atoms with Gasteiger partial charge in [-0.2, -0.15) is 4.90 Å². The lowest BCUT2D eigenvalue weighted by atomic mass is 9.95. The van der Waals surface area contributed by atoms with Crippen molar-refractivity contribution < 1.29 is 19.1 Å². The number of benzene rings is 1. The van der Waals surface area contributed by atoms with E-state index in [0.29, 0.717) is 17.5 Å². The maximum Gasteiger partial charge on any atom is 0.424 e. The van der Waals surface area contributed by atoms with E-state index < -0.39 is 23.5 Å². The third-order valence-electron chi connectivity index (χ3n) is 4.73. The number of rotatable bonds is 3. The predicted octanol–water partition coefficient (Wildman–Crippen LogP) is 3.64. The molecule has 3 amide bonds. The van der Waals surface area contributed by atoms with Gasteiger partial charge < -0.3 is 10.1 Å². The quantitative estimate of drug-likeness (QED) is 0.835. The molecule has 140 valence electrons. The number of fused-ring (bicyclic) bond motifs is 1. The Morgan fingerprint density at radius 3 is 2.42 bits per heavy atom. The molecule has 1 heterocycles. The molecule has 3 rings (SSSR count). The average molecular weight is 358 g/mol. The summed E-state index contributed by atoms with van der Waals surface area (Å²) in [6, 6.07) is 5.67. The first-order valence-electron chi connectivity index (χ1n) is 9.24. The molecular formula is C20H26N2O4. The van der Waals surface area contributed by atoms with Crippen molar-refractivity contribution in [3.05, 3.63) is 34.9 Å². The summed E-state index contributed by atoms with van der Waals surface area (Å²) in [5.74, 6) is -1.23. The van der Waals surface area contributed by atoms with Gasteiger partial charge in [-0.15, -0.1) is 0 Å². The Hall–Kier alpha value is -2.21. The zero-order valence-electron chi connectivity index (χ0n) is 15.6. The minimum absolute atomic E-state index is 0.252. The van der Waals surface area contributed by atoms with Gasteiger partial charge >= 0.3 is 6.09 Å². The van der Waals surface area contributed by atoms with Crippen LogP contribution in [0.3, 0.4) is 0 Å². The SMILES string of the molecule is CC(C)(C)OC(=O)N1C(=O)c2ccc(CNC3CCCCC3)cc2C1=O. The minimum atomic E-state index is -0.925. The fourth-order valence-electron chi connectivity index (χ4n) is 3.44. The van der Waals surface area contributed by atoms with Crippen LogP contribution in [0.2, 0.25) is 0 Å². The summed E-state index contributed by atoms with van der Waals surface area (Å²) in [6.45, 7) is 5.72. The topological polar surface area (TPSA) is 75.7 Å². The van der Waals surface area contributed by atoms with Gasteiger partial charge in [0.05, 0.1) is 11.1 Å². The summed E-state index contributed by atoms with van der Waals surface area (Å²) >= 11 is 0. The van der Waals surface area contributed by atoms with Crippen LogP contribution in [0.4, 0.5) is 4.79 Å². The number of ether oxygens (including phenoxy) is 1. The van der Waals surface area contributed by atoms with Gasteiger partial charge in [0, 0.05) is 12.6 Å². The van der Waals surface area contributed by atoms with Gasteiger partial charge in [0.15, 0.2) is 0 Å². The Bertz CT molecular complexity index is 730. The molecular weight excluding hydrogens is 332 g/mol. The summed E-state index contributed by atoms with van der Waals surface area (Å²) in [7, 11) is 0. The Balaban J connectivity index is 1.72. The first-order chi connectivity index (χ1) is 12.3. The molecule has 6 nitrogen and oxygen atoms in total. The fraction of sp³-hybridized carbons (Fsp3) is 0.550. The van der Waals surface area contributed by atoms with E-state index in [9.17, 15) is 14.4 Å². The van der Waals surface area contributed by atoms with E-state index in [1.54, 1.807) is 32.9 Å². The first-order valence-corrected chi connectivity index (χ1v) is 9.24. The van der Waals surface area contributed by atoms with Crippen LogP contribution in [-0.2, 0) is 11.3 Å². The Labute approximate surface area is 153 Å². The molecule has 26 heavy (non-hydrogen) atoms.